The van der Waals surface area contributed by atoms with Crippen LogP contribution < -0.4 is 0 Å². The van der Waals surface area contributed by atoms with Crippen LogP contribution in [0, 0.1) is 10.1 Å². The SMILES string of the molecule is O=C(O)C1CCCN1S(=O)(=O)c1ccc(Cl)cc1[N+](=O)[O-]. The van der Waals surface area contributed by atoms with E-state index in [1.807, 2.05) is 0 Å². The van der Waals surface area contributed by atoms with Gasteiger partial charge in [0.1, 0.15) is 6.04 Å². The highest BCUT2D eigenvalue weighted by molar-refractivity contribution is 7.89. The highest BCUT2D eigenvalue weighted by Crippen LogP contribution is 2.33. The molecule has 1 atom stereocenters. The first-order valence-electron chi connectivity index (χ1n) is 5.93. The molecule has 114 valence electrons. The zero-order valence-corrected chi connectivity index (χ0v) is 12.2. The first-order valence-corrected chi connectivity index (χ1v) is 7.75. The molecule has 1 fully saturated rings. The molecule has 0 bridgehead atoms. The normalized spacial score (nSPS) is 19.6. The van der Waals surface area contributed by atoms with Crippen LogP contribution in [-0.4, -0.2) is 41.3 Å². The van der Waals surface area contributed by atoms with E-state index in [0.717, 1.165) is 16.4 Å². The molecule has 0 spiro atoms. The lowest BCUT2D eigenvalue weighted by atomic mass is 10.2. The van der Waals surface area contributed by atoms with Gasteiger partial charge in [0.2, 0.25) is 0 Å². The van der Waals surface area contributed by atoms with E-state index >= 15 is 0 Å². The summed E-state index contributed by atoms with van der Waals surface area (Å²) in [6.07, 6.45) is 0.563. The van der Waals surface area contributed by atoms with Crippen LogP contribution in [0.25, 0.3) is 0 Å². The number of carboxylic acids is 1. The molecule has 2 rings (SSSR count). The summed E-state index contributed by atoms with van der Waals surface area (Å²) in [4.78, 5) is 20.7. The fraction of sp³-hybridized carbons (Fsp3) is 0.364. The third kappa shape index (κ3) is 2.85. The maximum absolute atomic E-state index is 12.5. The molecule has 10 heteroatoms. The van der Waals surface area contributed by atoms with Gasteiger partial charge in [-0.1, -0.05) is 11.6 Å². The van der Waals surface area contributed by atoms with Crippen molar-refractivity contribution in [1.82, 2.24) is 4.31 Å². The summed E-state index contributed by atoms with van der Waals surface area (Å²) in [5.74, 6) is -1.27. The third-order valence-corrected chi connectivity index (χ3v) is 5.38. The molecule has 1 N–H and O–H groups in total. The smallest absolute Gasteiger partial charge is 0.322 e. The van der Waals surface area contributed by atoms with Crippen LogP contribution in [0.1, 0.15) is 12.8 Å². The number of nitro benzene ring substituents is 1. The number of hydrogen-bond donors (Lipinski definition) is 1. The highest BCUT2D eigenvalue weighted by atomic mass is 35.5. The molecule has 0 amide bonds. The van der Waals surface area contributed by atoms with Gasteiger partial charge in [0.05, 0.1) is 4.92 Å². The average molecular weight is 335 g/mol. The van der Waals surface area contributed by atoms with E-state index in [1.54, 1.807) is 0 Å². The predicted octanol–water partition coefficient (Wildman–Crippen LogP) is 1.49. The van der Waals surface area contributed by atoms with Crippen molar-refractivity contribution in [2.45, 2.75) is 23.8 Å². The lowest BCUT2D eigenvalue weighted by molar-refractivity contribution is -0.387. The Morgan fingerprint density at radius 1 is 1.48 bits per heavy atom. The Hall–Kier alpha value is -1.71. The van der Waals surface area contributed by atoms with E-state index < -0.39 is 37.5 Å². The van der Waals surface area contributed by atoms with Crippen molar-refractivity contribution in [2.75, 3.05) is 6.54 Å². The molecular formula is C11H11ClN2O6S. The van der Waals surface area contributed by atoms with Gasteiger partial charge in [0.15, 0.2) is 4.90 Å². The number of halogens is 1. The molecule has 1 saturated heterocycles. The maximum atomic E-state index is 12.5. The molecule has 1 aromatic rings. The fourth-order valence-corrected chi connectivity index (χ4v) is 4.21. The van der Waals surface area contributed by atoms with Gasteiger partial charge in [0.25, 0.3) is 15.7 Å². The maximum Gasteiger partial charge on any atom is 0.322 e. The number of benzene rings is 1. The monoisotopic (exact) mass is 334 g/mol. The molecule has 1 heterocycles. The molecule has 1 unspecified atom stereocenters. The van der Waals surface area contributed by atoms with Gasteiger partial charge >= 0.3 is 5.97 Å². The second-order valence-corrected chi connectivity index (χ2v) is 6.78. The number of carboxylic acid groups (broad SMARTS) is 1. The molecule has 0 saturated carbocycles. The minimum Gasteiger partial charge on any atom is -0.480 e. The summed E-state index contributed by atoms with van der Waals surface area (Å²) in [5, 5.41) is 20.1. The Morgan fingerprint density at radius 2 is 2.14 bits per heavy atom. The third-order valence-electron chi connectivity index (χ3n) is 3.19. The van der Waals surface area contributed by atoms with E-state index in [1.165, 1.54) is 6.07 Å². The van der Waals surface area contributed by atoms with E-state index in [0.29, 0.717) is 6.42 Å². The Bertz CT molecular complexity index is 705. The zero-order valence-electron chi connectivity index (χ0n) is 10.6. The van der Waals surface area contributed by atoms with Crippen molar-refractivity contribution in [3.05, 3.63) is 33.3 Å². The number of rotatable bonds is 4. The van der Waals surface area contributed by atoms with E-state index in [9.17, 15) is 23.3 Å². The van der Waals surface area contributed by atoms with Gasteiger partial charge in [-0.2, -0.15) is 4.31 Å². The quantitative estimate of drug-likeness (QED) is 0.658. The van der Waals surface area contributed by atoms with Gasteiger partial charge in [-0.05, 0) is 25.0 Å². The Kier molecular flexibility index (Phi) is 4.17. The molecule has 1 aliphatic rings. The van der Waals surface area contributed by atoms with Crippen LogP contribution in [0.15, 0.2) is 23.1 Å². The van der Waals surface area contributed by atoms with Gasteiger partial charge < -0.3 is 5.11 Å². The Morgan fingerprint density at radius 3 is 2.71 bits per heavy atom. The van der Waals surface area contributed by atoms with Crippen molar-refractivity contribution in [2.24, 2.45) is 0 Å². The van der Waals surface area contributed by atoms with Crippen LogP contribution in [0.3, 0.4) is 0 Å². The summed E-state index contributed by atoms with van der Waals surface area (Å²) in [6.45, 7) is 0.0130. The fourth-order valence-electron chi connectivity index (χ4n) is 2.25. The van der Waals surface area contributed by atoms with Crippen LogP contribution in [0.5, 0.6) is 0 Å². The van der Waals surface area contributed by atoms with Crippen LogP contribution in [0.4, 0.5) is 5.69 Å². The van der Waals surface area contributed by atoms with Gasteiger partial charge in [0, 0.05) is 17.6 Å². The van der Waals surface area contributed by atoms with Crippen molar-refractivity contribution in [3.8, 4) is 0 Å². The number of nitrogens with zero attached hydrogens (tertiary/aromatic N) is 2. The summed E-state index contributed by atoms with van der Waals surface area (Å²) in [6, 6.07) is 1.96. The summed E-state index contributed by atoms with van der Waals surface area (Å²) in [7, 11) is -4.27. The van der Waals surface area contributed by atoms with Gasteiger partial charge in [-0.3, -0.25) is 14.9 Å². The molecule has 0 aromatic heterocycles. The van der Waals surface area contributed by atoms with Gasteiger partial charge in [-0.15, -0.1) is 0 Å². The van der Waals surface area contributed by atoms with Crippen molar-refractivity contribution >= 4 is 33.3 Å². The molecule has 21 heavy (non-hydrogen) atoms. The number of nitro groups is 1. The minimum atomic E-state index is -4.27. The predicted molar refractivity (Wildman–Crippen MR) is 72.7 cm³/mol. The number of hydrogen-bond acceptors (Lipinski definition) is 5. The molecule has 0 aliphatic carbocycles. The first kappa shape index (κ1) is 15.7. The van der Waals surface area contributed by atoms with Crippen LogP contribution in [0.2, 0.25) is 5.02 Å². The van der Waals surface area contributed by atoms with Crippen molar-refractivity contribution in [3.63, 3.8) is 0 Å². The van der Waals surface area contributed by atoms with Crippen LogP contribution in [-0.2, 0) is 14.8 Å². The second-order valence-electron chi connectivity index (χ2n) is 4.48. The minimum absolute atomic E-state index is 0.0130. The molecular weight excluding hydrogens is 324 g/mol. The average Bonchev–Trinajstić information content (AvgIpc) is 2.88. The lowest BCUT2D eigenvalue weighted by Crippen LogP contribution is -2.40. The van der Waals surface area contributed by atoms with E-state index in [-0.39, 0.29) is 18.0 Å². The first-order chi connectivity index (χ1) is 9.75. The molecule has 0 radical (unpaired) electrons. The topological polar surface area (TPSA) is 118 Å². The lowest BCUT2D eigenvalue weighted by Gasteiger charge is -2.20. The molecule has 1 aromatic carbocycles. The standard InChI is InChI=1S/C11H11ClN2O6S/c12-7-3-4-10(9(6-7)14(17)18)21(19,20)13-5-1-2-8(13)11(15)16/h3-4,6,8H,1-2,5H2,(H,15,16). The summed E-state index contributed by atoms with van der Waals surface area (Å²) < 4.78 is 25.8. The zero-order chi connectivity index (χ0) is 15.8. The number of carbonyl (C=O) groups is 1. The van der Waals surface area contributed by atoms with Crippen LogP contribution >= 0.6 is 11.6 Å². The Balaban J connectivity index is 2.54. The van der Waals surface area contributed by atoms with E-state index in [2.05, 4.69) is 0 Å². The number of sulfonamides is 1. The molecule has 8 nitrogen and oxygen atoms in total. The van der Waals surface area contributed by atoms with E-state index in [4.69, 9.17) is 16.7 Å². The largest absolute Gasteiger partial charge is 0.480 e. The number of aliphatic carboxylic acids is 1. The highest BCUT2D eigenvalue weighted by Gasteiger charge is 2.42. The summed E-state index contributed by atoms with van der Waals surface area (Å²) >= 11 is 5.64. The van der Waals surface area contributed by atoms with Crippen molar-refractivity contribution < 1.29 is 23.2 Å². The Labute approximate surface area is 125 Å². The molecule has 1 aliphatic heterocycles. The van der Waals surface area contributed by atoms with Crippen molar-refractivity contribution in [1.29, 1.82) is 0 Å². The second kappa shape index (κ2) is 5.58. The summed E-state index contributed by atoms with van der Waals surface area (Å²) in [5.41, 5.74) is -0.668. The van der Waals surface area contributed by atoms with Gasteiger partial charge in [-0.25, -0.2) is 8.42 Å².